The van der Waals surface area contributed by atoms with Gasteiger partial charge in [0.05, 0.1) is 12.5 Å². The van der Waals surface area contributed by atoms with Gasteiger partial charge in [-0.3, -0.25) is 10.1 Å². The second kappa shape index (κ2) is 7.49. The second-order valence-corrected chi connectivity index (χ2v) is 6.54. The highest BCUT2D eigenvalue weighted by Gasteiger charge is 2.21. The van der Waals surface area contributed by atoms with Crippen molar-refractivity contribution in [2.75, 3.05) is 0 Å². The van der Waals surface area contributed by atoms with Crippen LogP contribution in [0.3, 0.4) is 0 Å². The van der Waals surface area contributed by atoms with Crippen LogP contribution in [0.15, 0.2) is 0 Å². The fourth-order valence-corrected chi connectivity index (χ4v) is 2.53. The molecule has 0 aromatic carbocycles. The lowest BCUT2D eigenvalue weighted by molar-refractivity contribution is -0.122. The van der Waals surface area contributed by atoms with Gasteiger partial charge in [0.15, 0.2) is 0 Å². The summed E-state index contributed by atoms with van der Waals surface area (Å²) in [6.45, 7) is 5.85. The Morgan fingerprint density at radius 1 is 1.26 bits per heavy atom. The van der Waals surface area contributed by atoms with Crippen LogP contribution >= 0.6 is 0 Å². The molecule has 0 heterocycles. The Morgan fingerprint density at radius 3 is 2.32 bits per heavy atom. The number of hydrogen-bond donors (Lipinski definition) is 2. The van der Waals surface area contributed by atoms with Gasteiger partial charge in [0.2, 0.25) is 5.91 Å². The molecule has 1 fully saturated rings. The van der Waals surface area contributed by atoms with Gasteiger partial charge < -0.3 is 5.32 Å². The second-order valence-electron chi connectivity index (χ2n) is 6.54. The molecule has 0 radical (unpaired) electrons. The van der Waals surface area contributed by atoms with E-state index in [1.807, 2.05) is 20.8 Å². The number of amides is 1. The molecule has 1 aliphatic rings. The zero-order valence-electron chi connectivity index (χ0n) is 12.5. The number of carbonyl (C=O) groups is 1. The van der Waals surface area contributed by atoms with Gasteiger partial charge in [-0.05, 0) is 33.6 Å². The minimum absolute atomic E-state index is 0.0554. The van der Waals surface area contributed by atoms with E-state index in [-0.39, 0.29) is 23.9 Å². The van der Waals surface area contributed by atoms with Crippen LogP contribution < -0.4 is 10.6 Å². The fourth-order valence-electron chi connectivity index (χ4n) is 2.53. The summed E-state index contributed by atoms with van der Waals surface area (Å²) in [5, 5.41) is 15.4. The van der Waals surface area contributed by atoms with E-state index in [2.05, 4.69) is 16.7 Å². The number of hydrogen-bond acceptors (Lipinski definition) is 3. The molecule has 4 heteroatoms. The van der Waals surface area contributed by atoms with Crippen LogP contribution in [0.4, 0.5) is 0 Å². The molecule has 0 bridgehead atoms. The quantitative estimate of drug-likeness (QED) is 0.768. The van der Waals surface area contributed by atoms with Crippen molar-refractivity contribution in [3.8, 4) is 6.07 Å². The Hall–Kier alpha value is -1.08. The number of carbonyl (C=O) groups excluding carboxylic acids is 1. The molecular weight excluding hydrogens is 238 g/mol. The Balaban J connectivity index is 2.40. The predicted octanol–water partition coefficient (Wildman–Crippen LogP) is 2.50. The Morgan fingerprint density at radius 2 is 1.84 bits per heavy atom. The standard InChI is InChI=1S/C15H27N3O/c1-15(2,3)18-14(19)10-13(11-16)17-12-8-6-4-5-7-9-12/h12-13,17H,4-10H2,1-3H3,(H,18,19). The minimum Gasteiger partial charge on any atom is -0.351 e. The van der Waals surface area contributed by atoms with Gasteiger partial charge in [-0.2, -0.15) is 5.26 Å². The predicted molar refractivity (Wildman–Crippen MR) is 76.5 cm³/mol. The van der Waals surface area contributed by atoms with Crippen LogP contribution in [0, 0.1) is 11.3 Å². The van der Waals surface area contributed by atoms with E-state index in [9.17, 15) is 10.1 Å². The van der Waals surface area contributed by atoms with Gasteiger partial charge in [-0.15, -0.1) is 0 Å². The molecule has 0 aromatic rings. The van der Waals surface area contributed by atoms with Crippen LogP contribution in [0.25, 0.3) is 0 Å². The summed E-state index contributed by atoms with van der Waals surface area (Å²) in [4.78, 5) is 11.8. The first-order valence-electron chi connectivity index (χ1n) is 7.37. The van der Waals surface area contributed by atoms with Crippen LogP contribution in [0.2, 0.25) is 0 Å². The van der Waals surface area contributed by atoms with Crippen molar-refractivity contribution in [2.24, 2.45) is 0 Å². The largest absolute Gasteiger partial charge is 0.351 e. The van der Waals surface area contributed by atoms with E-state index in [0.717, 1.165) is 12.8 Å². The molecule has 4 nitrogen and oxygen atoms in total. The maximum atomic E-state index is 11.8. The van der Waals surface area contributed by atoms with Crippen molar-refractivity contribution in [2.45, 2.75) is 83.3 Å². The first-order chi connectivity index (χ1) is 8.90. The summed E-state index contributed by atoms with van der Waals surface area (Å²) in [5.41, 5.74) is -0.237. The average Bonchev–Trinajstić information content (AvgIpc) is 2.54. The molecule has 1 unspecified atom stereocenters. The Kier molecular flexibility index (Phi) is 6.30. The third kappa shape index (κ3) is 7.17. The number of nitrogens with one attached hydrogen (secondary N) is 2. The lowest BCUT2D eigenvalue weighted by Gasteiger charge is -2.23. The van der Waals surface area contributed by atoms with Crippen molar-refractivity contribution in [1.29, 1.82) is 5.26 Å². The van der Waals surface area contributed by atoms with E-state index in [0.29, 0.717) is 6.04 Å². The number of rotatable bonds is 4. The lowest BCUT2D eigenvalue weighted by Crippen LogP contribution is -2.45. The Bertz CT molecular complexity index is 319. The molecule has 19 heavy (non-hydrogen) atoms. The van der Waals surface area contributed by atoms with E-state index in [1.54, 1.807) is 0 Å². The molecule has 1 atom stereocenters. The number of nitriles is 1. The summed E-state index contributed by atoms with van der Waals surface area (Å²) in [6, 6.07) is 2.24. The molecule has 2 N–H and O–H groups in total. The SMILES string of the molecule is CC(C)(C)NC(=O)CC(C#N)NC1CCCCCC1. The van der Waals surface area contributed by atoms with Crippen molar-refractivity contribution in [3.05, 3.63) is 0 Å². The summed E-state index contributed by atoms with van der Waals surface area (Å²) in [6.07, 6.45) is 7.52. The zero-order chi connectivity index (χ0) is 14.3. The van der Waals surface area contributed by atoms with Gasteiger partial charge in [0.1, 0.15) is 6.04 Å². The zero-order valence-corrected chi connectivity index (χ0v) is 12.5. The van der Waals surface area contributed by atoms with E-state index < -0.39 is 0 Å². The van der Waals surface area contributed by atoms with Gasteiger partial charge in [0.25, 0.3) is 0 Å². The summed E-state index contributed by atoms with van der Waals surface area (Å²) >= 11 is 0. The van der Waals surface area contributed by atoms with Gasteiger partial charge in [-0.1, -0.05) is 25.7 Å². The highest BCUT2D eigenvalue weighted by Crippen LogP contribution is 2.18. The third-order valence-corrected chi connectivity index (χ3v) is 3.35. The van der Waals surface area contributed by atoms with Crippen molar-refractivity contribution >= 4 is 5.91 Å². The normalized spacial score (nSPS) is 19.3. The summed E-state index contributed by atoms with van der Waals surface area (Å²) < 4.78 is 0. The molecule has 1 amide bonds. The molecule has 108 valence electrons. The van der Waals surface area contributed by atoms with E-state index in [4.69, 9.17) is 0 Å². The monoisotopic (exact) mass is 265 g/mol. The van der Waals surface area contributed by atoms with Gasteiger partial charge >= 0.3 is 0 Å². The molecule has 0 aromatic heterocycles. The molecule has 1 saturated carbocycles. The Labute approximate surface area is 116 Å². The molecule has 0 spiro atoms. The molecule has 0 aliphatic heterocycles. The van der Waals surface area contributed by atoms with E-state index in [1.165, 1.54) is 25.7 Å². The fraction of sp³-hybridized carbons (Fsp3) is 0.867. The third-order valence-electron chi connectivity index (χ3n) is 3.35. The van der Waals surface area contributed by atoms with Crippen molar-refractivity contribution in [3.63, 3.8) is 0 Å². The van der Waals surface area contributed by atoms with Crippen LogP contribution in [-0.2, 0) is 4.79 Å². The topological polar surface area (TPSA) is 64.9 Å². The number of nitrogens with zero attached hydrogens (tertiary/aromatic N) is 1. The maximum Gasteiger partial charge on any atom is 0.223 e. The van der Waals surface area contributed by atoms with E-state index >= 15 is 0 Å². The molecule has 1 rings (SSSR count). The van der Waals surface area contributed by atoms with Crippen LogP contribution in [0.5, 0.6) is 0 Å². The first kappa shape index (κ1) is 16.0. The molecular formula is C15H27N3O. The first-order valence-corrected chi connectivity index (χ1v) is 7.37. The van der Waals surface area contributed by atoms with Crippen molar-refractivity contribution in [1.82, 2.24) is 10.6 Å². The lowest BCUT2D eigenvalue weighted by atomic mass is 10.1. The average molecular weight is 265 g/mol. The van der Waals surface area contributed by atoms with Gasteiger partial charge in [-0.25, -0.2) is 0 Å². The smallest absolute Gasteiger partial charge is 0.223 e. The summed E-state index contributed by atoms with van der Waals surface area (Å²) in [7, 11) is 0. The highest BCUT2D eigenvalue weighted by molar-refractivity contribution is 5.77. The molecule has 0 saturated heterocycles. The van der Waals surface area contributed by atoms with Gasteiger partial charge in [0, 0.05) is 11.6 Å². The summed E-state index contributed by atoms with van der Waals surface area (Å²) in [5.74, 6) is -0.0554. The molecule has 1 aliphatic carbocycles. The highest BCUT2D eigenvalue weighted by atomic mass is 16.1. The van der Waals surface area contributed by atoms with Crippen LogP contribution in [0.1, 0.15) is 65.7 Å². The van der Waals surface area contributed by atoms with Crippen molar-refractivity contribution < 1.29 is 4.79 Å². The minimum atomic E-state index is -0.370. The maximum absolute atomic E-state index is 11.8. The van der Waals surface area contributed by atoms with Crippen LogP contribution in [-0.4, -0.2) is 23.5 Å².